The Kier molecular flexibility index (Phi) is 4.91. The first-order valence-electron chi connectivity index (χ1n) is 6.27. The zero-order valence-corrected chi connectivity index (χ0v) is 12.7. The molecule has 0 aliphatic heterocycles. The number of halogens is 1. The van der Waals surface area contributed by atoms with Crippen LogP contribution < -0.4 is 9.46 Å². The van der Waals surface area contributed by atoms with Gasteiger partial charge in [0, 0.05) is 7.05 Å². The van der Waals surface area contributed by atoms with E-state index in [0.717, 1.165) is 18.2 Å². The van der Waals surface area contributed by atoms with Crippen LogP contribution in [0, 0.1) is 5.82 Å². The number of nitrogens with zero attached hydrogens (tertiary/aromatic N) is 3. The van der Waals surface area contributed by atoms with E-state index in [1.807, 2.05) is 0 Å². The van der Waals surface area contributed by atoms with Gasteiger partial charge in [0.25, 0.3) is 0 Å². The number of aryl methyl sites for hydroxylation is 1. The second kappa shape index (κ2) is 6.71. The van der Waals surface area contributed by atoms with E-state index in [1.54, 1.807) is 7.05 Å². The Morgan fingerprint density at radius 1 is 1.48 bits per heavy atom. The lowest BCUT2D eigenvalue weighted by Crippen LogP contribution is -2.24. The van der Waals surface area contributed by atoms with Gasteiger partial charge in [-0.1, -0.05) is 5.21 Å². The number of aliphatic carboxylic acids is 1. The molecule has 0 saturated carbocycles. The van der Waals surface area contributed by atoms with Crippen molar-refractivity contribution >= 4 is 16.0 Å². The predicted octanol–water partition coefficient (Wildman–Crippen LogP) is -0.104. The maximum atomic E-state index is 13.8. The second-order valence-corrected chi connectivity index (χ2v) is 6.22. The molecule has 0 saturated heterocycles. The lowest BCUT2D eigenvalue weighted by Gasteiger charge is -2.09. The van der Waals surface area contributed by atoms with Crippen molar-refractivity contribution in [3.8, 4) is 5.75 Å². The Balaban J connectivity index is 2.12. The summed E-state index contributed by atoms with van der Waals surface area (Å²) in [5.41, 5.74) is 0.524. The van der Waals surface area contributed by atoms with Gasteiger partial charge in [0.2, 0.25) is 10.0 Å². The van der Waals surface area contributed by atoms with E-state index >= 15 is 0 Å². The summed E-state index contributed by atoms with van der Waals surface area (Å²) >= 11 is 0. The first-order chi connectivity index (χ1) is 10.8. The number of sulfonamides is 1. The van der Waals surface area contributed by atoms with Gasteiger partial charge in [-0.3, -0.25) is 4.68 Å². The Bertz CT molecular complexity index is 821. The van der Waals surface area contributed by atoms with Gasteiger partial charge in [-0.2, -0.15) is 0 Å². The number of carboxylic acid groups (broad SMARTS) is 1. The smallest absolute Gasteiger partial charge is 0.341 e. The van der Waals surface area contributed by atoms with Gasteiger partial charge >= 0.3 is 5.97 Å². The van der Waals surface area contributed by atoms with E-state index in [-0.39, 0.29) is 17.2 Å². The van der Waals surface area contributed by atoms with Crippen molar-refractivity contribution in [2.75, 3.05) is 6.61 Å². The molecule has 9 nitrogen and oxygen atoms in total. The number of benzene rings is 1. The summed E-state index contributed by atoms with van der Waals surface area (Å²) in [4.78, 5) is 10.1. The fraction of sp³-hybridized carbons (Fsp3) is 0.250. The summed E-state index contributed by atoms with van der Waals surface area (Å²) in [5.74, 6) is -2.59. The van der Waals surface area contributed by atoms with Gasteiger partial charge in [0.05, 0.1) is 23.3 Å². The first-order valence-corrected chi connectivity index (χ1v) is 7.75. The molecule has 11 heteroatoms. The Morgan fingerprint density at radius 3 is 2.78 bits per heavy atom. The van der Waals surface area contributed by atoms with Crippen LogP contribution in [0.25, 0.3) is 0 Å². The Morgan fingerprint density at radius 2 is 2.22 bits per heavy atom. The minimum atomic E-state index is -3.95. The van der Waals surface area contributed by atoms with Crippen LogP contribution in [0.15, 0.2) is 29.3 Å². The number of nitrogens with one attached hydrogen (secondary N) is 1. The molecular formula is C12H13FN4O5S. The van der Waals surface area contributed by atoms with Crippen LogP contribution in [0.1, 0.15) is 5.69 Å². The molecule has 0 unspecified atom stereocenters. The van der Waals surface area contributed by atoms with Crippen molar-refractivity contribution in [3.63, 3.8) is 0 Å². The van der Waals surface area contributed by atoms with E-state index < -0.39 is 28.4 Å². The molecule has 0 fully saturated rings. The third kappa shape index (κ3) is 4.23. The number of rotatable bonds is 7. The SMILES string of the molecule is Cn1nncc1CNS(=O)(=O)c1ccc(OCC(=O)O)c(F)c1. The molecule has 1 aromatic heterocycles. The van der Waals surface area contributed by atoms with Gasteiger partial charge in [-0.25, -0.2) is 22.3 Å². The fourth-order valence-corrected chi connectivity index (χ4v) is 2.64. The number of hydrogen-bond acceptors (Lipinski definition) is 6. The van der Waals surface area contributed by atoms with Crippen LogP contribution in [-0.4, -0.2) is 41.1 Å². The Labute approximate surface area is 130 Å². The van der Waals surface area contributed by atoms with Crippen LogP contribution in [0.3, 0.4) is 0 Å². The van der Waals surface area contributed by atoms with Crippen molar-refractivity contribution in [1.29, 1.82) is 0 Å². The molecule has 0 atom stereocenters. The highest BCUT2D eigenvalue weighted by molar-refractivity contribution is 7.89. The summed E-state index contributed by atoms with van der Waals surface area (Å²) in [6, 6.07) is 2.92. The minimum Gasteiger partial charge on any atom is -0.479 e. The lowest BCUT2D eigenvalue weighted by atomic mass is 10.3. The minimum absolute atomic E-state index is 0.0648. The topological polar surface area (TPSA) is 123 Å². The number of ether oxygens (including phenoxy) is 1. The molecule has 0 amide bonds. The highest BCUT2D eigenvalue weighted by atomic mass is 32.2. The molecule has 2 N–H and O–H groups in total. The summed E-state index contributed by atoms with van der Waals surface area (Å²) < 4.78 is 46.4. The summed E-state index contributed by atoms with van der Waals surface area (Å²) in [7, 11) is -2.35. The first kappa shape index (κ1) is 16.8. The van der Waals surface area contributed by atoms with Crippen molar-refractivity contribution in [3.05, 3.63) is 35.9 Å². The van der Waals surface area contributed by atoms with Gasteiger partial charge in [-0.15, -0.1) is 5.10 Å². The number of carboxylic acids is 1. The van der Waals surface area contributed by atoms with Crippen molar-refractivity contribution in [2.45, 2.75) is 11.4 Å². The van der Waals surface area contributed by atoms with Crippen LogP contribution in [0.4, 0.5) is 4.39 Å². The zero-order chi connectivity index (χ0) is 17.0. The predicted molar refractivity (Wildman–Crippen MR) is 74.6 cm³/mol. The van der Waals surface area contributed by atoms with Crippen molar-refractivity contribution < 1.29 is 27.4 Å². The molecule has 23 heavy (non-hydrogen) atoms. The van der Waals surface area contributed by atoms with Gasteiger partial charge < -0.3 is 9.84 Å². The molecule has 1 heterocycles. The summed E-state index contributed by atoms with van der Waals surface area (Å²) in [6.45, 7) is -0.792. The molecule has 124 valence electrons. The third-order valence-corrected chi connectivity index (χ3v) is 4.22. The maximum Gasteiger partial charge on any atom is 0.341 e. The molecule has 2 rings (SSSR count). The molecule has 0 bridgehead atoms. The van der Waals surface area contributed by atoms with Crippen LogP contribution >= 0.6 is 0 Å². The molecule has 0 aliphatic rings. The van der Waals surface area contributed by atoms with E-state index in [9.17, 15) is 17.6 Å². The number of hydrogen-bond donors (Lipinski definition) is 2. The van der Waals surface area contributed by atoms with Gasteiger partial charge in [-0.05, 0) is 18.2 Å². The van der Waals surface area contributed by atoms with E-state index in [1.165, 1.54) is 10.9 Å². The van der Waals surface area contributed by atoms with Crippen LogP contribution in [-0.2, 0) is 28.4 Å². The molecule has 0 aliphatic carbocycles. The van der Waals surface area contributed by atoms with Crippen LogP contribution in [0.5, 0.6) is 5.75 Å². The second-order valence-electron chi connectivity index (χ2n) is 4.45. The average molecular weight is 344 g/mol. The molecular weight excluding hydrogens is 331 g/mol. The summed E-state index contributed by atoms with van der Waals surface area (Å²) in [6.07, 6.45) is 1.39. The van der Waals surface area contributed by atoms with E-state index in [2.05, 4.69) is 15.0 Å². The van der Waals surface area contributed by atoms with Gasteiger partial charge in [0.15, 0.2) is 18.2 Å². The monoisotopic (exact) mass is 344 g/mol. The lowest BCUT2D eigenvalue weighted by molar-refractivity contribution is -0.139. The highest BCUT2D eigenvalue weighted by Crippen LogP contribution is 2.21. The maximum absolute atomic E-state index is 13.8. The van der Waals surface area contributed by atoms with Crippen molar-refractivity contribution in [1.82, 2.24) is 19.7 Å². The van der Waals surface area contributed by atoms with Crippen molar-refractivity contribution in [2.24, 2.45) is 7.05 Å². The number of aromatic nitrogens is 3. The van der Waals surface area contributed by atoms with Crippen LogP contribution in [0.2, 0.25) is 0 Å². The number of carbonyl (C=O) groups is 1. The third-order valence-electron chi connectivity index (χ3n) is 2.82. The summed E-state index contributed by atoms with van der Waals surface area (Å²) in [5, 5.41) is 15.7. The largest absolute Gasteiger partial charge is 0.479 e. The normalized spacial score (nSPS) is 11.4. The molecule has 0 spiro atoms. The standard InChI is InChI=1S/C12H13FN4O5S/c1-17-8(5-14-16-17)6-15-23(20,21)9-2-3-11(10(13)4-9)22-7-12(18)19/h2-5,15H,6-7H2,1H3,(H,18,19). The quantitative estimate of drug-likeness (QED) is 0.718. The van der Waals surface area contributed by atoms with E-state index in [4.69, 9.17) is 9.84 Å². The fourth-order valence-electron chi connectivity index (χ4n) is 1.63. The zero-order valence-electron chi connectivity index (χ0n) is 11.9. The average Bonchev–Trinajstić information content (AvgIpc) is 2.89. The van der Waals surface area contributed by atoms with E-state index in [0.29, 0.717) is 5.69 Å². The Hall–Kier alpha value is -2.53. The molecule has 0 radical (unpaired) electrons. The van der Waals surface area contributed by atoms with Gasteiger partial charge in [0.1, 0.15) is 0 Å². The molecule has 1 aromatic carbocycles. The molecule has 2 aromatic rings. The highest BCUT2D eigenvalue weighted by Gasteiger charge is 2.17.